The highest BCUT2D eigenvalue weighted by Gasteiger charge is 2.16. The van der Waals surface area contributed by atoms with Crippen LogP contribution in [-0.4, -0.2) is 36.7 Å². The minimum absolute atomic E-state index is 0. The van der Waals surface area contributed by atoms with E-state index in [1.54, 1.807) is 17.8 Å². The second kappa shape index (κ2) is 11.8. The number of halogens is 2. The van der Waals surface area contributed by atoms with Crippen molar-refractivity contribution in [2.24, 2.45) is 4.99 Å². The highest BCUT2D eigenvalue weighted by atomic mass is 127. The van der Waals surface area contributed by atoms with Gasteiger partial charge in [0.1, 0.15) is 0 Å². The number of nitrogens with one attached hydrogen (secondary N) is 2. The van der Waals surface area contributed by atoms with Gasteiger partial charge in [-0.25, -0.2) is 9.38 Å². The molecule has 0 spiro atoms. The molecule has 24 heavy (non-hydrogen) atoms. The molecule has 4 nitrogen and oxygen atoms in total. The molecule has 0 saturated carbocycles. The van der Waals surface area contributed by atoms with Crippen LogP contribution in [0.15, 0.2) is 23.2 Å². The summed E-state index contributed by atoms with van der Waals surface area (Å²) >= 11 is 1.80. The standard InChI is InChI=1S/C17H28FN3OS.HI/c1-6-19-16(21-12-17(3,4)23-5)20-11-13-8-9-15(22-7-2)14(18)10-13;/h8-10H,6-7,11-12H2,1-5H3,(H2,19,20,21);1H. The highest BCUT2D eigenvalue weighted by Crippen LogP contribution is 2.20. The van der Waals surface area contributed by atoms with Crippen molar-refractivity contribution in [3.05, 3.63) is 29.6 Å². The average molecular weight is 469 g/mol. The van der Waals surface area contributed by atoms with E-state index in [-0.39, 0.29) is 40.3 Å². The minimum Gasteiger partial charge on any atom is -0.491 e. The van der Waals surface area contributed by atoms with Crippen LogP contribution in [-0.2, 0) is 6.54 Å². The van der Waals surface area contributed by atoms with Gasteiger partial charge in [-0.05, 0) is 51.6 Å². The quantitative estimate of drug-likeness (QED) is 0.343. The third-order valence-electron chi connectivity index (χ3n) is 3.29. The van der Waals surface area contributed by atoms with Gasteiger partial charge < -0.3 is 15.4 Å². The predicted molar refractivity (Wildman–Crippen MR) is 113 cm³/mol. The van der Waals surface area contributed by atoms with Gasteiger partial charge in [-0.15, -0.1) is 24.0 Å². The zero-order valence-electron chi connectivity index (χ0n) is 15.1. The molecule has 0 fully saturated rings. The lowest BCUT2D eigenvalue weighted by Crippen LogP contribution is -2.43. The Balaban J connectivity index is 0.00000529. The van der Waals surface area contributed by atoms with E-state index in [1.807, 2.05) is 19.9 Å². The lowest BCUT2D eigenvalue weighted by Gasteiger charge is -2.23. The number of nitrogens with zero attached hydrogens (tertiary/aromatic N) is 1. The van der Waals surface area contributed by atoms with E-state index in [1.165, 1.54) is 6.07 Å². The Hall–Kier alpha value is -0.700. The molecule has 0 heterocycles. The Labute approximate surface area is 166 Å². The van der Waals surface area contributed by atoms with Gasteiger partial charge >= 0.3 is 0 Å². The first-order valence-corrected chi connectivity index (χ1v) is 9.13. The number of ether oxygens (including phenoxy) is 1. The number of hydrogen-bond acceptors (Lipinski definition) is 3. The van der Waals surface area contributed by atoms with Crippen molar-refractivity contribution in [3.63, 3.8) is 0 Å². The molecule has 1 rings (SSSR count). The summed E-state index contributed by atoms with van der Waals surface area (Å²) in [5.74, 6) is 0.678. The molecule has 0 aliphatic carbocycles. The Kier molecular flexibility index (Phi) is 11.4. The summed E-state index contributed by atoms with van der Waals surface area (Å²) in [6.45, 7) is 10.7. The van der Waals surface area contributed by atoms with Crippen molar-refractivity contribution in [1.29, 1.82) is 0 Å². The molecule has 1 aromatic rings. The van der Waals surface area contributed by atoms with Crippen LogP contribution in [0.5, 0.6) is 5.75 Å². The third kappa shape index (κ3) is 8.41. The van der Waals surface area contributed by atoms with E-state index in [9.17, 15) is 4.39 Å². The fourth-order valence-corrected chi connectivity index (χ4v) is 2.01. The Morgan fingerprint density at radius 3 is 2.54 bits per heavy atom. The zero-order valence-corrected chi connectivity index (χ0v) is 18.3. The molecule has 0 atom stereocenters. The van der Waals surface area contributed by atoms with Gasteiger partial charge in [0.25, 0.3) is 0 Å². The van der Waals surface area contributed by atoms with Crippen LogP contribution in [0.4, 0.5) is 4.39 Å². The van der Waals surface area contributed by atoms with Crippen molar-refractivity contribution in [2.45, 2.75) is 39.0 Å². The summed E-state index contributed by atoms with van der Waals surface area (Å²) in [7, 11) is 0. The molecule has 7 heteroatoms. The lowest BCUT2D eigenvalue weighted by molar-refractivity contribution is 0.321. The van der Waals surface area contributed by atoms with Gasteiger partial charge in [0, 0.05) is 17.8 Å². The maximum absolute atomic E-state index is 13.9. The van der Waals surface area contributed by atoms with Gasteiger partial charge in [0.2, 0.25) is 0 Å². The lowest BCUT2D eigenvalue weighted by atomic mass is 10.2. The predicted octanol–water partition coefficient (Wildman–Crippen LogP) is 4.04. The van der Waals surface area contributed by atoms with E-state index < -0.39 is 0 Å². The van der Waals surface area contributed by atoms with E-state index >= 15 is 0 Å². The van der Waals surface area contributed by atoms with Crippen molar-refractivity contribution in [1.82, 2.24) is 10.6 Å². The molecular formula is C17H29FIN3OS. The van der Waals surface area contributed by atoms with E-state index in [4.69, 9.17) is 4.74 Å². The number of guanidine groups is 1. The van der Waals surface area contributed by atoms with Crippen molar-refractivity contribution in [3.8, 4) is 5.75 Å². The van der Waals surface area contributed by atoms with Gasteiger partial charge in [-0.1, -0.05) is 6.07 Å². The number of thioether (sulfide) groups is 1. The average Bonchev–Trinajstić information content (AvgIpc) is 2.52. The molecule has 1 aromatic carbocycles. The van der Waals surface area contributed by atoms with Gasteiger partial charge in [-0.3, -0.25) is 0 Å². The first-order valence-electron chi connectivity index (χ1n) is 7.90. The van der Waals surface area contributed by atoms with Crippen LogP contribution in [0.3, 0.4) is 0 Å². The Bertz CT molecular complexity index is 527. The largest absolute Gasteiger partial charge is 0.491 e. The van der Waals surface area contributed by atoms with Gasteiger partial charge in [-0.2, -0.15) is 11.8 Å². The maximum Gasteiger partial charge on any atom is 0.191 e. The SMILES string of the molecule is CCNC(=NCc1ccc(OCC)c(F)c1)NCC(C)(C)SC.I. The first-order chi connectivity index (χ1) is 10.9. The topological polar surface area (TPSA) is 45.7 Å². The molecule has 138 valence electrons. The third-order valence-corrected chi connectivity index (χ3v) is 4.54. The number of hydrogen-bond donors (Lipinski definition) is 2. The summed E-state index contributed by atoms with van der Waals surface area (Å²) in [6.07, 6.45) is 2.09. The molecule has 2 N–H and O–H groups in total. The Morgan fingerprint density at radius 2 is 2.00 bits per heavy atom. The second-order valence-electron chi connectivity index (χ2n) is 5.71. The fourth-order valence-electron chi connectivity index (χ4n) is 1.80. The molecule has 0 aromatic heterocycles. The normalized spacial score (nSPS) is 11.7. The molecular weight excluding hydrogens is 440 g/mol. The van der Waals surface area contributed by atoms with Crippen LogP contribution < -0.4 is 15.4 Å². The van der Waals surface area contributed by atoms with Crippen LogP contribution in [0, 0.1) is 5.82 Å². The highest BCUT2D eigenvalue weighted by molar-refractivity contribution is 14.0. The molecule has 0 radical (unpaired) electrons. The summed E-state index contributed by atoms with van der Waals surface area (Å²) in [5, 5.41) is 6.54. The summed E-state index contributed by atoms with van der Waals surface area (Å²) in [6, 6.07) is 4.97. The minimum atomic E-state index is -0.346. The number of aliphatic imine (C=N–C) groups is 1. The summed E-state index contributed by atoms with van der Waals surface area (Å²) in [5.41, 5.74) is 0.812. The molecule has 0 aliphatic heterocycles. The smallest absolute Gasteiger partial charge is 0.191 e. The van der Waals surface area contributed by atoms with E-state index in [2.05, 4.69) is 35.7 Å². The fraction of sp³-hybridized carbons (Fsp3) is 0.588. The molecule has 0 bridgehead atoms. The number of benzene rings is 1. The first kappa shape index (κ1) is 23.3. The van der Waals surface area contributed by atoms with Crippen molar-refractivity contribution >= 4 is 41.7 Å². The summed E-state index contributed by atoms with van der Waals surface area (Å²) in [4.78, 5) is 4.52. The van der Waals surface area contributed by atoms with Gasteiger partial charge in [0.05, 0.1) is 13.2 Å². The molecule has 0 unspecified atom stereocenters. The van der Waals surface area contributed by atoms with Crippen LogP contribution in [0.2, 0.25) is 0 Å². The monoisotopic (exact) mass is 469 g/mol. The van der Waals surface area contributed by atoms with E-state index in [0.29, 0.717) is 13.2 Å². The maximum atomic E-state index is 13.9. The Morgan fingerprint density at radius 1 is 1.29 bits per heavy atom. The van der Waals surface area contributed by atoms with Gasteiger partial charge in [0.15, 0.2) is 17.5 Å². The van der Waals surface area contributed by atoms with Crippen molar-refractivity contribution in [2.75, 3.05) is 26.0 Å². The second-order valence-corrected chi connectivity index (χ2v) is 7.22. The van der Waals surface area contributed by atoms with Crippen LogP contribution in [0.1, 0.15) is 33.3 Å². The van der Waals surface area contributed by atoms with Crippen LogP contribution >= 0.6 is 35.7 Å². The van der Waals surface area contributed by atoms with Crippen molar-refractivity contribution < 1.29 is 9.13 Å². The molecule has 0 aliphatic rings. The molecule has 0 amide bonds. The molecule has 0 saturated heterocycles. The number of rotatable bonds is 8. The van der Waals surface area contributed by atoms with Crippen LogP contribution in [0.25, 0.3) is 0 Å². The zero-order chi connectivity index (χ0) is 17.3. The summed E-state index contributed by atoms with van der Waals surface area (Å²) < 4.78 is 19.2. The van der Waals surface area contributed by atoms with E-state index in [0.717, 1.165) is 24.6 Å².